The Bertz CT molecular complexity index is 1120. The van der Waals surface area contributed by atoms with Crippen LogP contribution in [0.25, 0.3) is 22.2 Å². The number of rotatable bonds is 9. The molecular formula is C21H25F2N5O3. The van der Waals surface area contributed by atoms with Gasteiger partial charge in [0.15, 0.2) is 11.5 Å². The van der Waals surface area contributed by atoms with Crippen LogP contribution in [0.4, 0.5) is 14.6 Å². The van der Waals surface area contributed by atoms with Crippen LogP contribution in [0.3, 0.4) is 0 Å². The van der Waals surface area contributed by atoms with Crippen molar-refractivity contribution in [2.24, 2.45) is 7.05 Å². The molecule has 1 N–H and O–H groups in total. The summed E-state index contributed by atoms with van der Waals surface area (Å²) in [6, 6.07) is 6.95. The second-order valence-corrected chi connectivity index (χ2v) is 7.20. The molecule has 0 saturated heterocycles. The number of methoxy groups -OCH3 is 1. The normalized spacial score (nSPS) is 11.4. The third kappa shape index (κ3) is 5.26. The van der Waals surface area contributed by atoms with Gasteiger partial charge in [0.25, 0.3) is 12.0 Å². The number of hydrogen-bond acceptors (Lipinski definition) is 7. The summed E-state index contributed by atoms with van der Waals surface area (Å²) in [7, 11) is 6.98. The Morgan fingerprint density at radius 2 is 2.00 bits per heavy atom. The summed E-state index contributed by atoms with van der Waals surface area (Å²) >= 11 is 0. The summed E-state index contributed by atoms with van der Waals surface area (Å²) in [6.07, 6.45) is -1.21. The molecule has 0 atom stereocenters. The Labute approximate surface area is 178 Å². The van der Waals surface area contributed by atoms with Crippen molar-refractivity contribution in [1.29, 1.82) is 0 Å². The number of anilines is 1. The van der Waals surface area contributed by atoms with Crippen LogP contribution in [0, 0.1) is 0 Å². The predicted octanol–water partition coefficient (Wildman–Crippen LogP) is 2.62. The number of fused-ring (bicyclic) bond motifs is 1. The van der Waals surface area contributed by atoms with Crippen molar-refractivity contribution in [1.82, 2.24) is 19.4 Å². The lowest BCUT2D eigenvalue weighted by Crippen LogP contribution is -2.20. The van der Waals surface area contributed by atoms with Crippen molar-refractivity contribution in [2.75, 3.05) is 46.2 Å². The van der Waals surface area contributed by atoms with Crippen LogP contribution in [0.5, 0.6) is 11.5 Å². The number of aryl methyl sites for hydroxylation is 1. The van der Waals surface area contributed by atoms with Crippen LogP contribution in [-0.2, 0) is 7.05 Å². The molecule has 3 rings (SSSR count). The van der Waals surface area contributed by atoms with Gasteiger partial charge in [-0.1, -0.05) is 0 Å². The average Bonchev–Trinajstić information content (AvgIpc) is 2.74. The second kappa shape index (κ2) is 9.69. The number of ether oxygens (including phenoxy) is 2. The second-order valence-electron chi connectivity index (χ2n) is 7.20. The molecule has 0 aliphatic carbocycles. The Kier molecular flexibility index (Phi) is 7.01. The molecule has 166 valence electrons. The molecule has 0 unspecified atom stereocenters. The van der Waals surface area contributed by atoms with E-state index in [-0.39, 0.29) is 16.8 Å². The van der Waals surface area contributed by atoms with E-state index in [4.69, 9.17) is 9.47 Å². The van der Waals surface area contributed by atoms with Gasteiger partial charge in [0.2, 0.25) is 0 Å². The van der Waals surface area contributed by atoms with Gasteiger partial charge in [-0.2, -0.15) is 0 Å². The Morgan fingerprint density at radius 3 is 2.68 bits per heavy atom. The fraction of sp³-hybridized carbons (Fsp3) is 0.381. The smallest absolute Gasteiger partial charge is 0.264 e. The predicted molar refractivity (Wildman–Crippen MR) is 115 cm³/mol. The Hall–Kier alpha value is -3.27. The monoisotopic (exact) mass is 433 g/mol. The highest BCUT2D eigenvalue weighted by Crippen LogP contribution is 2.33. The van der Waals surface area contributed by atoms with E-state index >= 15 is 0 Å². The van der Waals surface area contributed by atoms with E-state index in [2.05, 4.69) is 15.3 Å². The molecule has 0 fully saturated rings. The maximum absolute atomic E-state index is 12.8. The standard InChI is InChI=1S/C21H25F2N5O3/c1-27(2)7-8-31-16-6-5-13(9-17(16)30-4)14-10-15-19(21(29)28(3)12-25-15)20(26-14)24-11-18(22)23/h5-6,9-10,12,18H,7-8,11H2,1-4H3,(H,24,26). The van der Waals surface area contributed by atoms with Crippen LogP contribution in [0.15, 0.2) is 35.4 Å². The van der Waals surface area contributed by atoms with Crippen LogP contribution in [0.2, 0.25) is 0 Å². The number of alkyl halides is 2. The zero-order chi connectivity index (χ0) is 22.5. The molecule has 0 radical (unpaired) electrons. The molecule has 3 aromatic rings. The molecule has 0 spiro atoms. The topological polar surface area (TPSA) is 81.5 Å². The van der Waals surface area contributed by atoms with Gasteiger partial charge < -0.3 is 24.3 Å². The minimum atomic E-state index is -2.60. The fourth-order valence-electron chi connectivity index (χ4n) is 2.96. The van der Waals surface area contributed by atoms with Gasteiger partial charge in [-0.3, -0.25) is 4.79 Å². The zero-order valence-electron chi connectivity index (χ0n) is 17.9. The number of pyridine rings is 1. The van der Waals surface area contributed by atoms with E-state index in [0.29, 0.717) is 34.9 Å². The van der Waals surface area contributed by atoms with E-state index < -0.39 is 13.0 Å². The number of likely N-dealkylation sites (N-methyl/N-ethyl adjacent to an activating group) is 1. The van der Waals surface area contributed by atoms with Crippen molar-refractivity contribution < 1.29 is 18.3 Å². The third-order valence-corrected chi connectivity index (χ3v) is 4.58. The molecule has 0 bridgehead atoms. The maximum Gasteiger partial charge on any atom is 0.264 e. The summed E-state index contributed by atoms with van der Waals surface area (Å²) in [5.41, 5.74) is 1.11. The lowest BCUT2D eigenvalue weighted by Gasteiger charge is -2.15. The van der Waals surface area contributed by atoms with Crippen molar-refractivity contribution in [2.45, 2.75) is 6.43 Å². The van der Waals surface area contributed by atoms with Crippen LogP contribution >= 0.6 is 0 Å². The Balaban J connectivity index is 2.03. The average molecular weight is 433 g/mol. The molecule has 2 heterocycles. The summed E-state index contributed by atoms with van der Waals surface area (Å²) in [5.74, 6) is 1.15. The number of aromatic nitrogens is 3. The van der Waals surface area contributed by atoms with Gasteiger partial charge in [0.05, 0.1) is 31.2 Å². The van der Waals surface area contributed by atoms with Gasteiger partial charge in [-0.05, 0) is 38.4 Å². The van der Waals surface area contributed by atoms with Gasteiger partial charge >= 0.3 is 0 Å². The highest BCUT2D eigenvalue weighted by atomic mass is 19.3. The first kappa shape index (κ1) is 22.4. The van der Waals surface area contributed by atoms with Crippen molar-refractivity contribution in [3.05, 3.63) is 40.9 Å². The number of hydrogen-bond donors (Lipinski definition) is 1. The molecule has 0 saturated carbocycles. The number of nitrogens with zero attached hydrogens (tertiary/aromatic N) is 4. The van der Waals surface area contributed by atoms with Crippen molar-refractivity contribution in [3.63, 3.8) is 0 Å². The third-order valence-electron chi connectivity index (χ3n) is 4.58. The highest BCUT2D eigenvalue weighted by molar-refractivity contribution is 5.91. The first-order valence-electron chi connectivity index (χ1n) is 9.64. The minimum absolute atomic E-state index is 0.0618. The minimum Gasteiger partial charge on any atom is -0.493 e. The first-order valence-corrected chi connectivity index (χ1v) is 9.64. The number of benzene rings is 1. The largest absolute Gasteiger partial charge is 0.493 e. The number of halogens is 2. The number of nitrogens with one attached hydrogen (secondary N) is 1. The molecule has 0 aliphatic heterocycles. The van der Waals surface area contributed by atoms with E-state index in [0.717, 1.165) is 6.54 Å². The van der Waals surface area contributed by atoms with E-state index in [1.165, 1.54) is 18.0 Å². The van der Waals surface area contributed by atoms with E-state index in [1.54, 1.807) is 31.3 Å². The quantitative estimate of drug-likeness (QED) is 0.556. The zero-order valence-corrected chi connectivity index (χ0v) is 17.9. The van der Waals surface area contributed by atoms with Gasteiger partial charge in [-0.25, -0.2) is 18.7 Å². The lowest BCUT2D eigenvalue weighted by molar-refractivity contribution is 0.163. The molecule has 0 aliphatic rings. The molecule has 31 heavy (non-hydrogen) atoms. The van der Waals surface area contributed by atoms with E-state index in [9.17, 15) is 13.6 Å². The molecule has 0 amide bonds. The summed E-state index contributed by atoms with van der Waals surface area (Å²) < 4.78 is 38.1. The molecular weight excluding hydrogens is 408 g/mol. The van der Waals surface area contributed by atoms with Crippen molar-refractivity contribution >= 4 is 16.7 Å². The Morgan fingerprint density at radius 1 is 1.23 bits per heavy atom. The van der Waals surface area contributed by atoms with Gasteiger partial charge in [0, 0.05) is 19.2 Å². The van der Waals surface area contributed by atoms with Gasteiger partial charge in [0.1, 0.15) is 17.8 Å². The maximum atomic E-state index is 12.8. The molecule has 2 aromatic heterocycles. The summed E-state index contributed by atoms with van der Waals surface area (Å²) in [4.78, 5) is 23.3. The van der Waals surface area contributed by atoms with Crippen LogP contribution in [0.1, 0.15) is 0 Å². The summed E-state index contributed by atoms with van der Waals surface area (Å²) in [6.45, 7) is 0.606. The highest BCUT2D eigenvalue weighted by Gasteiger charge is 2.16. The molecule has 1 aromatic carbocycles. The molecule has 10 heteroatoms. The first-order chi connectivity index (χ1) is 14.8. The van der Waals surface area contributed by atoms with E-state index in [1.807, 2.05) is 19.0 Å². The SMILES string of the molecule is COc1cc(-c2cc3ncn(C)c(=O)c3c(NCC(F)F)n2)ccc1OCCN(C)C. The van der Waals surface area contributed by atoms with Crippen molar-refractivity contribution in [3.8, 4) is 22.8 Å². The van der Waals surface area contributed by atoms with Gasteiger partial charge in [-0.15, -0.1) is 0 Å². The molecule has 8 nitrogen and oxygen atoms in total. The van der Waals surface area contributed by atoms with Crippen LogP contribution in [-0.4, -0.2) is 66.8 Å². The summed E-state index contributed by atoms with van der Waals surface area (Å²) in [5, 5.41) is 2.73. The fourth-order valence-corrected chi connectivity index (χ4v) is 2.96. The lowest BCUT2D eigenvalue weighted by atomic mass is 10.1. The van der Waals surface area contributed by atoms with Crippen LogP contribution < -0.4 is 20.3 Å².